The van der Waals surface area contributed by atoms with Crippen molar-refractivity contribution in [2.24, 2.45) is 0 Å². The van der Waals surface area contributed by atoms with Gasteiger partial charge >= 0.3 is 5.97 Å². The molecule has 1 aliphatic heterocycles. The highest BCUT2D eigenvalue weighted by Gasteiger charge is 2.25. The quantitative estimate of drug-likeness (QED) is 0.690. The molecule has 1 heterocycles. The fourth-order valence-electron chi connectivity index (χ4n) is 2.82. The molecule has 1 aliphatic carbocycles. The molecule has 1 aromatic carbocycles. The van der Waals surface area contributed by atoms with Crippen LogP contribution in [-0.4, -0.2) is 23.6 Å². The molecule has 0 saturated carbocycles. The summed E-state index contributed by atoms with van der Waals surface area (Å²) in [5.41, 5.74) is 2.89. The summed E-state index contributed by atoms with van der Waals surface area (Å²) in [6, 6.07) is 20.6. The Balaban J connectivity index is 1.94. The van der Waals surface area contributed by atoms with Crippen LogP contribution in [0.2, 0.25) is 0 Å². The second kappa shape index (κ2) is 8.13. The van der Waals surface area contributed by atoms with Crippen LogP contribution in [0.5, 0.6) is 0 Å². The summed E-state index contributed by atoms with van der Waals surface area (Å²) in [5.74, 6) is 0.0422. The summed E-state index contributed by atoms with van der Waals surface area (Å²) in [6.45, 7) is 2.07. The van der Waals surface area contributed by atoms with Crippen molar-refractivity contribution < 1.29 is 9.53 Å². The lowest BCUT2D eigenvalue weighted by molar-refractivity contribution is -0.144. The van der Waals surface area contributed by atoms with E-state index in [1.165, 1.54) is 0 Å². The Morgan fingerprint density at radius 2 is 1.85 bits per heavy atom. The molecule has 0 amide bonds. The maximum absolute atomic E-state index is 12.4. The number of fused-ring (bicyclic) bond motifs is 1. The van der Waals surface area contributed by atoms with Gasteiger partial charge in [-0.15, -0.1) is 0 Å². The molecule has 0 aromatic heterocycles. The summed E-state index contributed by atoms with van der Waals surface area (Å²) in [7, 11) is 0. The number of hydrogen-bond donors (Lipinski definition) is 1. The monoisotopic (exact) mass is 345 g/mol. The van der Waals surface area contributed by atoms with E-state index in [4.69, 9.17) is 4.74 Å². The van der Waals surface area contributed by atoms with Crippen LogP contribution in [0.15, 0.2) is 60.7 Å². The highest BCUT2D eigenvalue weighted by Crippen LogP contribution is 2.31. The third kappa shape index (κ3) is 3.81. The number of carbonyl (C=O) groups excluding carboxylic acids is 1. The number of nitriles is 1. The van der Waals surface area contributed by atoms with E-state index in [1.807, 2.05) is 60.7 Å². The predicted molar refractivity (Wildman–Crippen MR) is 99.8 cm³/mol. The van der Waals surface area contributed by atoms with Crippen LogP contribution in [-0.2, 0) is 16.0 Å². The molecule has 1 atom stereocenters. The van der Waals surface area contributed by atoms with E-state index < -0.39 is 6.04 Å². The van der Waals surface area contributed by atoms with E-state index in [0.717, 1.165) is 11.1 Å². The van der Waals surface area contributed by atoms with E-state index >= 15 is 0 Å². The van der Waals surface area contributed by atoms with Crippen LogP contribution >= 0.6 is 0 Å². The zero-order chi connectivity index (χ0) is 18.4. The number of aromatic nitrogens is 1. The van der Waals surface area contributed by atoms with Gasteiger partial charge in [0, 0.05) is 12.0 Å². The lowest BCUT2D eigenvalue weighted by atomic mass is 10.1. The van der Waals surface area contributed by atoms with Gasteiger partial charge in [0.05, 0.1) is 12.3 Å². The number of benzene rings is 1. The molecule has 1 N–H and O–H groups in total. The fraction of sp³-hybridized carbons (Fsp3) is 0.190. The molecule has 130 valence electrons. The van der Waals surface area contributed by atoms with Crippen molar-refractivity contribution in [3.05, 3.63) is 71.8 Å². The second-order valence-electron chi connectivity index (χ2n) is 5.80. The first-order chi connectivity index (χ1) is 12.7. The van der Waals surface area contributed by atoms with Crippen molar-refractivity contribution >= 4 is 11.8 Å². The van der Waals surface area contributed by atoms with Crippen molar-refractivity contribution in [2.45, 2.75) is 19.4 Å². The minimum Gasteiger partial charge on any atom is -0.464 e. The highest BCUT2D eigenvalue weighted by atomic mass is 16.5. The lowest BCUT2D eigenvalue weighted by Crippen LogP contribution is -2.34. The molecular formula is C21H19N3O2. The zero-order valence-corrected chi connectivity index (χ0v) is 14.5. The minimum absolute atomic E-state index is 0.295. The maximum Gasteiger partial charge on any atom is 0.328 e. The van der Waals surface area contributed by atoms with Gasteiger partial charge < -0.3 is 10.1 Å². The first-order valence-corrected chi connectivity index (χ1v) is 8.49. The van der Waals surface area contributed by atoms with E-state index in [-0.39, 0.29) is 5.97 Å². The summed E-state index contributed by atoms with van der Waals surface area (Å²) in [5, 5.41) is 12.7. The molecule has 0 saturated heterocycles. The molecule has 1 aromatic rings. The molecule has 0 bridgehead atoms. The van der Waals surface area contributed by atoms with Crippen LogP contribution in [0.3, 0.4) is 0 Å². The molecule has 0 fully saturated rings. The number of hydrogen-bond acceptors (Lipinski definition) is 5. The Morgan fingerprint density at radius 3 is 2.54 bits per heavy atom. The Bertz CT molecular complexity index is 903. The number of anilines is 1. The highest BCUT2D eigenvalue weighted by molar-refractivity contribution is 5.83. The van der Waals surface area contributed by atoms with Crippen LogP contribution in [0.1, 0.15) is 18.1 Å². The Labute approximate surface area is 152 Å². The van der Waals surface area contributed by atoms with Gasteiger partial charge in [0.25, 0.3) is 0 Å². The van der Waals surface area contributed by atoms with Crippen molar-refractivity contribution in [3.8, 4) is 17.3 Å². The zero-order valence-electron chi connectivity index (χ0n) is 14.5. The number of ether oxygens (including phenoxy) is 1. The van der Waals surface area contributed by atoms with Gasteiger partial charge in [0.1, 0.15) is 23.5 Å². The number of esters is 1. The van der Waals surface area contributed by atoms with Crippen molar-refractivity contribution in [3.63, 3.8) is 0 Å². The molecule has 5 nitrogen and oxygen atoms in total. The molecular weight excluding hydrogens is 326 g/mol. The Kier molecular flexibility index (Phi) is 5.45. The maximum atomic E-state index is 12.4. The van der Waals surface area contributed by atoms with E-state index in [2.05, 4.69) is 16.4 Å². The summed E-state index contributed by atoms with van der Waals surface area (Å²) in [4.78, 5) is 16.9. The van der Waals surface area contributed by atoms with Crippen LogP contribution in [0.4, 0.5) is 5.82 Å². The van der Waals surface area contributed by atoms with Crippen LogP contribution in [0.25, 0.3) is 11.3 Å². The van der Waals surface area contributed by atoms with Gasteiger partial charge in [0.15, 0.2) is 0 Å². The van der Waals surface area contributed by atoms with Crippen LogP contribution < -0.4 is 5.32 Å². The predicted octanol–water partition coefficient (Wildman–Crippen LogP) is 3.64. The molecule has 0 radical (unpaired) electrons. The standard InChI is InChI=1S/C21H19N3O2/c1-2-26-21(25)19(13-15-9-5-3-6-10-15)24-20-17(14-22)16-11-7-4-8-12-18(16)23-20/h3-12,19H,2,13H2,1H3,(H,23,24). The topological polar surface area (TPSA) is 75.0 Å². The lowest BCUT2D eigenvalue weighted by Gasteiger charge is -2.17. The largest absolute Gasteiger partial charge is 0.464 e. The average Bonchev–Trinajstić information content (AvgIpc) is 2.81. The number of rotatable bonds is 6. The Hall–Kier alpha value is -3.39. The van der Waals surface area contributed by atoms with Gasteiger partial charge in [-0.2, -0.15) is 5.26 Å². The summed E-state index contributed by atoms with van der Waals surface area (Å²) in [6.07, 6.45) is 0.446. The second-order valence-corrected chi connectivity index (χ2v) is 5.80. The SMILES string of the molecule is CCOC(=O)C(Cc1ccccc1)Nc1nc2cccccc-2c1C#N. The number of carbonyl (C=O) groups is 1. The minimum atomic E-state index is -0.623. The van der Waals surface area contributed by atoms with Gasteiger partial charge in [-0.25, -0.2) is 9.78 Å². The molecule has 26 heavy (non-hydrogen) atoms. The summed E-state index contributed by atoms with van der Waals surface area (Å²) >= 11 is 0. The normalized spacial score (nSPS) is 11.5. The van der Waals surface area contributed by atoms with Crippen molar-refractivity contribution in [1.82, 2.24) is 4.98 Å². The van der Waals surface area contributed by atoms with Crippen molar-refractivity contribution in [2.75, 3.05) is 11.9 Å². The van der Waals surface area contributed by atoms with Gasteiger partial charge in [-0.3, -0.25) is 0 Å². The first-order valence-electron chi connectivity index (χ1n) is 8.49. The molecule has 1 unspecified atom stereocenters. The van der Waals surface area contributed by atoms with Gasteiger partial charge in [0.2, 0.25) is 0 Å². The van der Waals surface area contributed by atoms with E-state index in [1.54, 1.807) is 6.92 Å². The molecule has 3 rings (SSSR count). The number of nitrogens with zero attached hydrogens (tertiary/aromatic N) is 2. The summed E-state index contributed by atoms with van der Waals surface area (Å²) < 4.78 is 5.20. The average molecular weight is 345 g/mol. The van der Waals surface area contributed by atoms with Gasteiger partial charge in [-0.05, 0) is 18.6 Å². The van der Waals surface area contributed by atoms with Gasteiger partial charge in [-0.1, -0.05) is 54.6 Å². The van der Waals surface area contributed by atoms with Crippen molar-refractivity contribution in [1.29, 1.82) is 5.26 Å². The van der Waals surface area contributed by atoms with E-state index in [0.29, 0.717) is 30.1 Å². The third-order valence-electron chi connectivity index (χ3n) is 4.03. The first kappa shape index (κ1) is 17.4. The number of nitrogens with one attached hydrogen (secondary N) is 1. The third-order valence-corrected chi connectivity index (χ3v) is 4.03. The molecule has 5 heteroatoms. The van der Waals surface area contributed by atoms with E-state index in [9.17, 15) is 10.1 Å². The smallest absolute Gasteiger partial charge is 0.328 e. The fourth-order valence-corrected chi connectivity index (χ4v) is 2.82. The van der Waals surface area contributed by atoms with Crippen LogP contribution in [0, 0.1) is 11.3 Å². The molecule has 2 aliphatic rings. The Morgan fingerprint density at radius 1 is 1.15 bits per heavy atom. The molecule has 0 spiro atoms.